The van der Waals surface area contributed by atoms with E-state index in [1.165, 1.54) is 5.69 Å². The largest absolute Gasteiger partial charge is 0.486 e. The van der Waals surface area contributed by atoms with Crippen LogP contribution < -0.4 is 20.1 Å². The first-order chi connectivity index (χ1) is 7.38. The molecule has 1 fully saturated rings. The van der Waals surface area contributed by atoms with Gasteiger partial charge in [0, 0.05) is 24.8 Å². The number of hydrogen-bond acceptors (Lipinski definition) is 4. The molecule has 3 rings (SSSR count). The van der Waals surface area contributed by atoms with Gasteiger partial charge in [-0.05, 0) is 12.1 Å². The lowest BCUT2D eigenvalue weighted by molar-refractivity contribution is 0.171. The van der Waals surface area contributed by atoms with Gasteiger partial charge in [0.1, 0.15) is 13.2 Å². The summed E-state index contributed by atoms with van der Waals surface area (Å²) in [5.74, 6) is 1.69. The van der Waals surface area contributed by atoms with Crippen LogP contribution in [-0.4, -0.2) is 32.3 Å². The maximum atomic E-state index is 5.60. The van der Waals surface area contributed by atoms with Crippen molar-refractivity contribution >= 4 is 5.69 Å². The van der Waals surface area contributed by atoms with Crippen LogP contribution in [-0.2, 0) is 0 Å². The first kappa shape index (κ1) is 8.85. The number of ether oxygens (including phenoxy) is 2. The molecule has 1 aromatic rings. The van der Waals surface area contributed by atoms with E-state index in [0.29, 0.717) is 25.8 Å². The van der Waals surface area contributed by atoms with E-state index in [0.717, 1.165) is 18.0 Å². The highest BCUT2D eigenvalue weighted by Gasteiger charge is 2.33. The van der Waals surface area contributed by atoms with Crippen molar-refractivity contribution in [3.8, 4) is 11.5 Å². The van der Waals surface area contributed by atoms with Crippen molar-refractivity contribution in [3.05, 3.63) is 18.2 Å². The lowest BCUT2D eigenvalue weighted by Gasteiger charge is -2.19. The molecule has 0 spiro atoms. The van der Waals surface area contributed by atoms with Gasteiger partial charge in [0.15, 0.2) is 11.5 Å². The fraction of sp³-hybridized carbons (Fsp3) is 0.455. The number of nitrogens with zero attached hydrogens (tertiary/aromatic N) is 1. The van der Waals surface area contributed by atoms with Gasteiger partial charge < -0.3 is 20.1 Å². The second kappa shape index (κ2) is 3.31. The van der Waals surface area contributed by atoms with Gasteiger partial charge in [0.05, 0.1) is 6.04 Å². The van der Waals surface area contributed by atoms with E-state index in [1.807, 2.05) is 12.1 Å². The molecule has 4 heteroatoms. The van der Waals surface area contributed by atoms with Crippen LogP contribution in [0.3, 0.4) is 0 Å². The number of fused-ring (bicyclic) bond motifs is 1. The number of rotatable bonds is 2. The summed E-state index contributed by atoms with van der Waals surface area (Å²) < 4.78 is 11.0. The van der Waals surface area contributed by atoms with Crippen LogP contribution in [0, 0.1) is 0 Å². The van der Waals surface area contributed by atoms with Gasteiger partial charge in [0.25, 0.3) is 0 Å². The van der Waals surface area contributed by atoms with E-state index in [9.17, 15) is 0 Å². The molecular weight excluding hydrogens is 192 g/mol. The first-order valence-corrected chi connectivity index (χ1v) is 5.25. The topological polar surface area (TPSA) is 47.5 Å². The van der Waals surface area contributed by atoms with Gasteiger partial charge in [0.2, 0.25) is 0 Å². The van der Waals surface area contributed by atoms with E-state index in [2.05, 4.69) is 11.0 Å². The zero-order valence-corrected chi connectivity index (χ0v) is 8.48. The quantitative estimate of drug-likeness (QED) is 0.720. The lowest BCUT2D eigenvalue weighted by atomic mass is 10.2. The molecule has 0 radical (unpaired) electrons. The number of benzene rings is 1. The van der Waals surface area contributed by atoms with Crippen LogP contribution in [0.1, 0.15) is 0 Å². The number of nitrogens with two attached hydrogens (primary N) is 1. The summed E-state index contributed by atoms with van der Waals surface area (Å²) in [5, 5.41) is 0. The van der Waals surface area contributed by atoms with E-state index in [4.69, 9.17) is 15.2 Å². The second-order valence-electron chi connectivity index (χ2n) is 3.87. The molecule has 80 valence electrons. The van der Waals surface area contributed by atoms with Gasteiger partial charge in [-0.25, -0.2) is 0 Å². The normalized spacial score (nSPS) is 22.7. The maximum Gasteiger partial charge on any atom is 0.163 e. The Hall–Kier alpha value is -1.42. The molecule has 1 aromatic carbocycles. The van der Waals surface area contributed by atoms with Crippen molar-refractivity contribution in [2.75, 3.05) is 31.2 Å². The van der Waals surface area contributed by atoms with E-state index in [-0.39, 0.29) is 0 Å². The molecular formula is C11H14N2O2. The Morgan fingerprint density at radius 3 is 2.80 bits per heavy atom. The number of anilines is 1. The van der Waals surface area contributed by atoms with Crippen molar-refractivity contribution in [1.29, 1.82) is 0 Å². The molecule has 4 nitrogen and oxygen atoms in total. The molecule has 2 aliphatic heterocycles. The Morgan fingerprint density at radius 1 is 1.27 bits per heavy atom. The summed E-state index contributed by atoms with van der Waals surface area (Å²) in [4.78, 5) is 2.26. The molecule has 0 amide bonds. The fourth-order valence-corrected chi connectivity index (χ4v) is 1.91. The van der Waals surface area contributed by atoms with Crippen LogP contribution >= 0.6 is 0 Å². The molecule has 15 heavy (non-hydrogen) atoms. The summed E-state index contributed by atoms with van der Waals surface area (Å²) in [5.41, 5.74) is 6.78. The predicted octanol–water partition coefficient (Wildman–Crippen LogP) is 0.605. The standard InChI is InChI=1S/C11H14N2O2/c12-6-9-7-13(9)8-1-2-10-11(5-8)15-4-3-14-10/h1-2,5,9H,3-4,6-7,12H2. The number of hydrogen-bond donors (Lipinski definition) is 1. The Bertz CT molecular complexity index is 381. The van der Waals surface area contributed by atoms with E-state index < -0.39 is 0 Å². The van der Waals surface area contributed by atoms with Crippen LogP contribution in [0.15, 0.2) is 18.2 Å². The SMILES string of the molecule is NCC1CN1c1ccc2c(c1)OCCO2. The monoisotopic (exact) mass is 206 g/mol. The molecule has 0 saturated carbocycles. The van der Waals surface area contributed by atoms with Crippen molar-refractivity contribution in [2.24, 2.45) is 5.73 Å². The third-order valence-electron chi connectivity index (χ3n) is 2.84. The summed E-state index contributed by atoms with van der Waals surface area (Å²) in [7, 11) is 0. The van der Waals surface area contributed by atoms with Crippen molar-refractivity contribution < 1.29 is 9.47 Å². The Balaban J connectivity index is 1.85. The van der Waals surface area contributed by atoms with Crippen molar-refractivity contribution in [2.45, 2.75) is 6.04 Å². The van der Waals surface area contributed by atoms with Gasteiger partial charge in [-0.3, -0.25) is 0 Å². The smallest absolute Gasteiger partial charge is 0.163 e. The highest BCUT2D eigenvalue weighted by Crippen LogP contribution is 2.37. The average molecular weight is 206 g/mol. The summed E-state index contributed by atoms with van der Waals surface area (Å²) in [6, 6.07) is 6.57. The Morgan fingerprint density at radius 2 is 2.07 bits per heavy atom. The third-order valence-corrected chi connectivity index (χ3v) is 2.84. The van der Waals surface area contributed by atoms with Crippen LogP contribution in [0.4, 0.5) is 5.69 Å². The van der Waals surface area contributed by atoms with Gasteiger partial charge >= 0.3 is 0 Å². The highest BCUT2D eigenvalue weighted by molar-refractivity contribution is 5.61. The predicted molar refractivity (Wildman–Crippen MR) is 57.6 cm³/mol. The molecule has 0 aromatic heterocycles. The maximum absolute atomic E-state index is 5.60. The average Bonchev–Trinajstić information content (AvgIpc) is 3.08. The summed E-state index contributed by atoms with van der Waals surface area (Å²) in [6.07, 6.45) is 0. The van der Waals surface area contributed by atoms with Crippen LogP contribution in [0.25, 0.3) is 0 Å². The summed E-state index contributed by atoms with van der Waals surface area (Å²) in [6.45, 7) is 3.04. The van der Waals surface area contributed by atoms with Crippen molar-refractivity contribution in [3.63, 3.8) is 0 Å². The van der Waals surface area contributed by atoms with E-state index in [1.54, 1.807) is 0 Å². The minimum Gasteiger partial charge on any atom is -0.486 e. The zero-order valence-electron chi connectivity index (χ0n) is 8.48. The minimum atomic E-state index is 0.507. The molecule has 2 heterocycles. The molecule has 2 aliphatic rings. The van der Waals surface area contributed by atoms with Crippen molar-refractivity contribution in [1.82, 2.24) is 0 Å². The molecule has 2 N–H and O–H groups in total. The zero-order chi connectivity index (χ0) is 10.3. The first-order valence-electron chi connectivity index (χ1n) is 5.25. The Labute approximate surface area is 88.6 Å². The molecule has 1 atom stereocenters. The molecule has 1 saturated heterocycles. The Kier molecular flexibility index (Phi) is 1.95. The molecule has 0 bridgehead atoms. The molecule has 0 aliphatic carbocycles. The lowest BCUT2D eigenvalue weighted by Crippen LogP contribution is -2.16. The van der Waals surface area contributed by atoms with Crippen LogP contribution in [0.2, 0.25) is 0 Å². The minimum absolute atomic E-state index is 0.507. The highest BCUT2D eigenvalue weighted by atomic mass is 16.6. The van der Waals surface area contributed by atoms with Gasteiger partial charge in [-0.1, -0.05) is 0 Å². The third kappa shape index (κ3) is 1.51. The second-order valence-corrected chi connectivity index (χ2v) is 3.87. The van der Waals surface area contributed by atoms with Crippen LogP contribution in [0.5, 0.6) is 11.5 Å². The molecule has 1 unspecified atom stereocenters. The summed E-state index contributed by atoms with van der Waals surface area (Å²) >= 11 is 0. The van der Waals surface area contributed by atoms with Gasteiger partial charge in [-0.15, -0.1) is 0 Å². The fourth-order valence-electron chi connectivity index (χ4n) is 1.91. The van der Waals surface area contributed by atoms with E-state index >= 15 is 0 Å². The van der Waals surface area contributed by atoms with Gasteiger partial charge in [-0.2, -0.15) is 0 Å².